The summed E-state index contributed by atoms with van der Waals surface area (Å²) in [4.78, 5) is 0. The van der Waals surface area contributed by atoms with E-state index >= 15 is 0 Å². The lowest BCUT2D eigenvalue weighted by Crippen LogP contribution is -2.24. The van der Waals surface area contributed by atoms with Gasteiger partial charge in [0, 0.05) is 10.5 Å². The lowest BCUT2D eigenvalue weighted by atomic mass is 9.86. The smallest absolute Gasteiger partial charge is 0.0352 e. The van der Waals surface area contributed by atoms with E-state index in [0.717, 1.165) is 10.9 Å². The van der Waals surface area contributed by atoms with Gasteiger partial charge in [-0.15, -0.1) is 0 Å². The molecular weight excluding hydrogens is 226 g/mol. The van der Waals surface area contributed by atoms with E-state index in [9.17, 15) is 0 Å². The van der Waals surface area contributed by atoms with Gasteiger partial charge in [0.15, 0.2) is 0 Å². The fraction of sp³-hybridized carbons (Fsp3) is 0.455. The van der Waals surface area contributed by atoms with Crippen molar-refractivity contribution < 1.29 is 0 Å². The third kappa shape index (κ3) is 1.42. The molecule has 2 N–H and O–H groups in total. The highest BCUT2D eigenvalue weighted by Gasteiger charge is 2.36. The van der Waals surface area contributed by atoms with E-state index in [1.807, 2.05) is 0 Å². The zero-order valence-electron chi connectivity index (χ0n) is 7.97. The van der Waals surface area contributed by atoms with Gasteiger partial charge in [-0.1, -0.05) is 35.8 Å². The van der Waals surface area contributed by atoms with Crippen LogP contribution in [0.4, 0.5) is 0 Å². The van der Waals surface area contributed by atoms with Crippen LogP contribution in [-0.2, 0) is 6.42 Å². The predicted molar refractivity (Wildman–Crippen MR) is 58.6 cm³/mol. The normalized spacial score (nSPS) is 24.5. The molecule has 0 aromatic heterocycles. The van der Waals surface area contributed by atoms with E-state index in [0.29, 0.717) is 0 Å². The quantitative estimate of drug-likeness (QED) is 0.741. The van der Waals surface area contributed by atoms with Crippen molar-refractivity contribution in [2.75, 3.05) is 0 Å². The molecule has 70 valence electrons. The summed E-state index contributed by atoms with van der Waals surface area (Å²) < 4.78 is 1.15. The Kier molecular flexibility index (Phi) is 2.00. The average Bonchev–Trinajstić information content (AvgIpc) is 2.22. The van der Waals surface area contributed by atoms with Gasteiger partial charge in [0.25, 0.3) is 0 Å². The second-order valence-electron chi connectivity index (χ2n) is 4.49. The van der Waals surface area contributed by atoms with Crippen LogP contribution in [0.1, 0.15) is 31.0 Å². The number of hydrogen-bond acceptors (Lipinski definition) is 1. The maximum absolute atomic E-state index is 6.16. The topological polar surface area (TPSA) is 26.0 Å². The first-order valence-electron chi connectivity index (χ1n) is 4.54. The second kappa shape index (κ2) is 2.82. The molecule has 0 radical (unpaired) electrons. The van der Waals surface area contributed by atoms with Crippen LogP contribution < -0.4 is 5.73 Å². The molecule has 1 atom stereocenters. The fourth-order valence-corrected chi connectivity index (χ4v) is 2.46. The summed E-state index contributed by atoms with van der Waals surface area (Å²) in [7, 11) is 0. The number of rotatable bonds is 0. The van der Waals surface area contributed by atoms with Crippen LogP contribution in [0.2, 0.25) is 0 Å². The molecule has 13 heavy (non-hydrogen) atoms. The molecular formula is C11H14BrN. The minimum atomic E-state index is 0.190. The Morgan fingerprint density at radius 2 is 2.15 bits per heavy atom. The summed E-state index contributed by atoms with van der Waals surface area (Å²) in [6.07, 6.45) is 1.09. The van der Waals surface area contributed by atoms with Gasteiger partial charge in [-0.2, -0.15) is 0 Å². The zero-order chi connectivity index (χ0) is 9.64. The molecule has 1 aromatic rings. The number of benzene rings is 1. The first-order valence-corrected chi connectivity index (χ1v) is 5.34. The van der Waals surface area contributed by atoms with E-state index in [2.05, 4.69) is 48.0 Å². The molecule has 2 rings (SSSR count). The monoisotopic (exact) mass is 239 g/mol. The van der Waals surface area contributed by atoms with E-state index in [1.54, 1.807) is 0 Å². The molecule has 0 saturated heterocycles. The largest absolute Gasteiger partial charge is 0.323 e. The maximum Gasteiger partial charge on any atom is 0.0352 e. The second-order valence-corrected chi connectivity index (χ2v) is 5.40. The lowest BCUT2D eigenvalue weighted by Gasteiger charge is -2.23. The highest BCUT2D eigenvalue weighted by molar-refractivity contribution is 9.10. The van der Waals surface area contributed by atoms with Crippen molar-refractivity contribution >= 4 is 15.9 Å². The van der Waals surface area contributed by atoms with Crippen molar-refractivity contribution in [1.82, 2.24) is 0 Å². The third-order valence-electron chi connectivity index (χ3n) is 2.93. The Morgan fingerprint density at radius 1 is 1.46 bits per heavy atom. The van der Waals surface area contributed by atoms with Crippen LogP contribution in [-0.4, -0.2) is 0 Å². The van der Waals surface area contributed by atoms with Gasteiger partial charge in [-0.05, 0) is 35.1 Å². The summed E-state index contributed by atoms with van der Waals surface area (Å²) in [5, 5.41) is 0. The van der Waals surface area contributed by atoms with Gasteiger partial charge in [-0.25, -0.2) is 0 Å². The van der Waals surface area contributed by atoms with Crippen molar-refractivity contribution in [3.63, 3.8) is 0 Å². The molecule has 0 spiro atoms. The highest BCUT2D eigenvalue weighted by atomic mass is 79.9. The number of fused-ring (bicyclic) bond motifs is 1. The molecule has 2 heteroatoms. The van der Waals surface area contributed by atoms with E-state index in [4.69, 9.17) is 5.73 Å². The Balaban J connectivity index is 2.50. The average molecular weight is 240 g/mol. The maximum atomic E-state index is 6.16. The Labute approximate surface area is 87.5 Å². The predicted octanol–water partition coefficient (Wildman–Crippen LogP) is 3.03. The van der Waals surface area contributed by atoms with Crippen molar-refractivity contribution in [1.29, 1.82) is 0 Å². The Bertz CT molecular complexity index is 344. The molecule has 1 unspecified atom stereocenters. The van der Waals surface area contributed by atoms with E-state index in [-0.39, 0.29) is 11.5 Å². The van der Waals surface area contributed by atoms with Gasteiger partial charge in [-0.3, -0.25) is 0 Å². The first kappa shape index (κ1) is 9.22. The standard InChI is InChI=1S/C11H14BrN/c1-11(2)6-7-5-8(12)3-4-9(7)10(11)13/h3-5,10H,6,13H2,1-2H3. The van der Waals surface area contributed by atoms with Crippen molar-refractivity contribution in [3.05, 3.63) is 33.8 Å². The summed E-state index contributed by atoms with van der Waals surface area (Å²) >= 11 is 3.48. The zero-order valence-corrected chi connectivity index (χ0v) is 9.56. The molecule has 1 aliphatic rings. The number of halogens is 1. The van der Waals surface area contributed by atoms with Gasteiger partial charge >= 0.3 is 0 Å². The molecule has 0 saturated carbocycles. The molecule has 1 aromatic carbocycles. The van der Waals surface area contributed by atoms with Crippen molar-refractivity contribution in [2.24, 2.45) is 11.1 Å². The molecule has 0 bridgehead atoms. The minimum Gasteiger partial charge on any atom is -0.323 e. The highest BCUT2D eigenvalue weighted by Crippen LogP contribution is 2.43. The van der Waals surface area contributed by atoms with Crippen LogP contribution >= 0.6 is 15.9 Å². The van der Waals surface area contributed by atoms with E-state index < -0.39 is 0 Å². The Morgan fingerprint density at radius 3 is 2.85 bits per heavy atom. The first-order chi connectivity index (χ1) is 6.00. The van der Waals surface area contributed by atoms with Crippen LogP contribution in [0.3, 0.4) is 0 Å². The molecule has 1 nitrogen and oxygen atoms in total. The molecule has 1 aliphatic carbocycles. The van der Waals surface area contributed by atoms with Gasteiger partial charge in [0.2, 0.25) is 0 Å². The van der Waals surface area contributed by atoms with Gasteiger partial charge < -0.3 is 5.73 Å². The fourth-order valence-electron chi connectivity index (χ4n) is 2.05. The van der Waals surface area contributed by atoms with Crippen LogP contribution in [0.5, 0.6) is 0 Å². The minimum absolute atomic E-state index is 0.190. The van der Waals surface area contributed by atoms with Crippen LogP contribution in [0.15, 0.2) is 22.7 Å². The van der Waals surface area contributed by atoms with Gasteiger partial charge in [0.05, 0.1) is 0 Å². The molecule has 0 amide bonds. The van der Waals surface area contributed by atoms with E-state index in [1.165, 1.54) is 11.1 Å². The number of hydrogen-bond donors (Lipinski definition) is 1. The number of nitrogens with two attached hydrogens (primary N) is 1. The summed E-state index contributed by atoms with van der Waals surface area (Å²) in [5.74, 6) is 0. The Hall–Kier alpha value is -0.340. The van der Waals surface area contributed by atoms with Crippen molar-refractivity contribution in [2.45, 2.75) is 26.3 Å². The summed E-state index contributed by atoms with van der Waals surface area (Å²) in [6.45, 7) is 4.46. The van der Waals surface area contributed by atoms with Crippen LogP contribution in [0, 0.1) is 5.41 Å². The summed E-state index contributed by atoms with van der Waals surface area (Å²) in [6, 6.07) is 6.58. The molecule has 0 heterocycles. The lowest BCUT2D eigenvalue weighted by molar-refractivity contribution is 0.319. The van der Waals surface area contributed by atoms with Gasteiger partial charge in [0.1, 0.15) is 0 Å². The third-order valence-corrected chi connectivity index (χ3v) is 3.42. The summed E-state index contributed by atoms with van der Waals surface area (Å²) in [5.41, 5.74) is 9.08. The molecule has 0 aliphatic heterocycles. The van der Waals surface area contributed by atoms with Crippen molar-refractivity contribution in [3.8, 4) is 0 Å². The van der Waals surface area contributed by atoms with Crippen LogP contribution in [0.25, 0.3) is 0 Å². The molecule has 0 fully saturated rings. The SMILES string of the molecule is CC1(C)Cc2cc(Br)ccc2C1N.